The highest BCUT2D eigenvalue weighted by Crippen LogP contribution is 2.49. The highest BCUT2D eigenvalue weighted by Gasteiger charge is 2.53. The molecular formula is C31H34INO4Si. The van der Waals surface area contributed by atoms with E-state index in [-0.39, 0.29) is 24.3 Å². The van der Waals surface area contributed by atoms with E-state index in [9.17, 15) is 4.79 Å². The van der Waals surface area contributed by atoms with Gasteiger partial charge in [0.05, 0.1) is 20.8 Å². The van der Waals surface area contributed by atoms with Crippen molar-refractivity contribution >= 4 is 36.8 Å². The Morgan fingerprint density at radius 1 is 0.895 bits per heavy atom. The minimum absolute atomic E-state index is 0.176. The molecule has 5 rings (SSSR count). The van der Waals surface area contributed by atoms with Crippen molar-refractivity contribution in [3.8, 4) is 0 Å². The van der Waals surface area contributed by atoms with Gasteiger partial charge in [0.25, 0.3) is 0 Å². The summed E-state index contributed by atoms with van der Waals surface area (Å²) >= 11 is 2.41. The van der Waals surface area contributed by atoms with Crippen LogP contribution in [0.15, 0.2) is 99.8 Å². The maximum atomic E-state index is 13.6. The molecule has 0 saturated carbocycles. The zero-order chi connectivity index (χ0) is 26.9. The molecule has 0 aromatic heterocycles. The van der Waals surface area contributed by atoms with Gasteiger partial charge in [0.15, 0.2) is 12.3 Å². The van der Waals surface area contributed by atoms with Crippen molar-refractivity contribution in [2.24, 2.45) is 0 Å². The monoisotopic (exact) mass is 639 g/mol. The molecule has 1 saturated heterocycles. The number of carbonyl (C=O) groups is 1. The first-order valence-corrected chi connectivity index (χ1v) is 17.6. The Morgan fingerprint density at radius 3 is 2.03 bits per heavy atom. The second kappa shape index (κ2) is 11.3. The standard InChI is InChI=1S/C31H34INO4Si/c1-21(35-20-22-14-8-5-9-15-22)27-29(38(2,3)4)25(32)30(36-27)33-26(23-16-10-6-11-17-23)28(37-31(33)34)24-18-12-7-13-19-24/h5-19,21,26-28,30H,20H2,1-4H3/t21-,26+,27+,28-,30+/m1/s1. The highest BCUT2D eigenvalue weighted by molar-refractivity contribution is 14.1. The lowest BCUT2D eigenvalue weighted by Crippen LogP contribution is -2.41. The number of ether oxygens (including phenoxy) is 3. The van der Waals surface area contributed by atoms with Crippen LogP contribution in [0, 0.1) is 0 Å². The molecule has 2 aliphatic rings. The number of benzene rings is 3. The van der Waals surface area contributed by atoms with Crippen LogP contribution in [-0.4, -0.2) is 37.5 Å². The van der Waals surface area contributed by atoms with E-state index in [1.807, 2.05) is 66.7 Å². The summed E-state index contributed by atoms with van der Waals surface area (Å²) in [6.07, 6.45) is -1.73. The van der Waals surface area contributed by atoms with Crippen molar-refractivity contribution in [1.82, 2.24) is 4.90 Å². The number of halogens is 1. The molecule has 38 heavy (non-hydrogen) atoms. The summed E-state index contributed by atoms with van der Waals surface area (Å²) in [5.74, 6) is 0. The van der Waals surface area contributed by atoms with E-state index in [0.717, 1.165) is 20.3 Å². The van der Waals surface area contributed by atoms with Crippen molar-refractivity contribution in [2.75, 3.05) is 0 Å². The molecule has 5 atom stereocenters. The number of carbonyl (C=O) groups excluding carboxylic acids is 1. The van der Waals surface area contributed by atoms with E-state index in [1.165, 1.54) is 5.20 Å². The van der Waals surface area contributed by atoms with Gasteiger partial charge in [-0.15, -0.1) is 0 Å². The third-order valence-corrected chi connectivity index (χ3v) is 11.0. The molecule has 5 nitrogen and oxygen atoms in total. The fraction of sp³-hybridized carbons (Fsp3) is 0.323. The highest BCUT2D eigenvalue weighted by atomic mass is 127. The van der Waals surface area contributed by atoms with Crippen LogP contribution in [0.25, 0.3) is 0 Å². The van der Waals surface area contributed by atoms with Gasteiger partial charge in [-0.05, 0) is 51.4 Å². The van der Waals surface area contributed by atoms with Gasteiger partial charge in [-0.2, -0.15) is 0 Å². The molecule has 3 aromatic rings. The Kier molecular flexibility index (Phi) is 8.09. The molecule has 3 aromatic carbocycles. The summed E-state index contributed by atoms with van der Waals surface area (Å²) in [5.41, 5.74) is 3.11. The Bertz CT molecular complexity index is 1280. The first-order valence-electron chi connectivity index (χ1n) is 13.1. The maximum Gasteiger partial charge on any atom is 0.413 e. The van der Waals surface area contributed by atoms with Crippen molar-refractivity contribution < 1.29 is 19.0 Å². The van der Waals surface area contributed by atoms with E-state index in [0.29, 0.717) is 6.61 Å². The van der Waals surface area contributed by atoms with Crippen LogP contribution in [0.4, 0.5) is 4.79 Å². The largest absolute Gasteiger partial charge is 0.439 e. The summed E-state index contributed by atoms with van der Waals surface area (Å²) in [5, 5.41) is 1.30. The fourth-order valence-corrected chi connectivity index (χ4v) is 10.5. The van der Waals surface area contributed by atoms with Crippen molar-refractivity contribution in [3.05, 3.63) is 116 Å². The summed E-state index contributed by atoms with van der Waals surface area (Å²) in [6, 6.07) is 30.0. The van der Waals surface area contributed by atoms with E-state index in [4.69, 9.17) is 14.2 Å². The van der Waals surface area contributed by atoms with Crippen LogP contribution in [0.3, 0.4) is 0 Å². The van der Waals surface area contributed by atoms with Crippen LogP contribution in [-0.2, 0) is 20.8 Å². The summed E-state index contributed by atoms with van der Waals surface area (Å²) in [4.78, 5) is 15.4. The van der Waals surface area contributed by atoms with Gasteiger partial charge in [0.1, 0.15) is 12.1 Å². The number of amides is 1. The average molecular weight is 640 g/mol. The fourth-order valence-electron chi connectivity index (χ4n) is 5.36. The van der Waals surface area contributed by atoms with Gasteiger partial charge in [-0.25, -0.2) is 4.79 Å². The molecule has 198 valence electrons. The zero-order valence-electron chi connectivity index (χ0n) is 22.2. The molecule has 0 radical (unpaired) electrons. The molecule has 0 unspecified atom stereocenters. The number of hydrogen-bond acceptors (Lipinski definition) is 4. The third kappa shape index (κ3) is 5.47. The lowest BCUT2D eigenvalue weighted by atomic mass is 9.95. The van der Waals surface area contributed by atoms with Gasteiger partial charge in [-0.1, -0.05) is 111 Å². The topological polar surface area (TPSA) is 48.0 Å². The molecule has 0 aliphatic carbocycles. The first kappa shape index (κ1) is 27.1. The number of rotatable bonds is 8. The van der Waals surface area contributed by atoms with E-state index in [1.54, 1.807) is 4.90 Å². The average Bonchev–Trinajstić information content (AvgIpc) is 3.45. The Morgan fingerprint density at radius 2 is 1.45 bits per heavy atom. The quantitative estimate of drug-likeness (QED) is 0.186. The molecule has 1 fully saturated rings. The van der Waals surface area contributed by atoms with Crippen molar-refractivity contribution in [3.63, 3.8) is 0 Å². The minimum Gasteiger partial charge on any atom is -0.439 e. The van der Waals surface area contributed by atoms with Gasteiger partial charge in [0, 0.05) is 3.58 Å². The third-order valence-electron chi connectivity index (χ3n) is 7.17. The van der Waals surface area contributed by atoms with Crippen LogP contribution >= 0.6 is 22.6 Å². The summed E-state index contributed by atoms with van der Waals surface area (Å²) in [7, 11) is -1.83. The second-order valence-corrected chi connectivity index (χ2v) is 17.1. The van der Waals surface area contributed by atoms with E-state index in [2.05, 4.69) is 73.4 Å². The van der Waals surface area contributed by atoms with Gasteiger partial charge < -0.3 is 14.2 Å². The van der Waals surface area contributed by atoms with Crippen LogP contribution in [0.1, 0.15) is 35.8 Å². The van der Waals surface area contributed by atoms with Crippen molar-refractivity contribution in [2.45, 2.75) is 63.8 Å². The van der Waals surface area contributed by atoms with Crippen LogP contribution in [0.2, 0.25) is 19.6 Å². The van der Waals surface area contributed by atoms with E-state index < -0.39 is 20.4 Å². The van der Waals surface area contributed by atoms with Gasteiger partial charge in [0.2, 0.25) is 0 Å². The van der Waals surface area contributed by atoms with Crippen LogP contribution < -0.4 is 0 Å². The molecular weight excluding hydrogens is 605 g/mol. The van der Waals surface area contributed by atoms with Crippen LogP contribution in [0.5, 0.6) is 0 Å². The molecule has 0 N–H and O–H groups in total. The normalized spacial score (nSPS) is 24.6. The number of cyclic esters (lactones) is 1. The van der Waals surface area contributed by atoms with Crippen molar-refractivity contribution in [1.29, 1.82) is 0 Å². The molecule has 7 heteroatoms. The molecule has 2 aliphatic heterocycles. The molecule has 0 spiro atoms. The number of nitrogens with zero attached hydrogens (tertiary/aromatic N) is 1. The maximum absolute atomic E-state index is 13.6. The Balaban J connectivity index is 1.49. The van der Waals surface area contributed by atoms with Gasteiger partial charge >= 0.3 is 6.09 Å². The lowest BCUT2D eigenvalue weighted by molar-refractivity contribution is -0.0931. The predicted octanol–water partition coefficient (Wildman–Crippen LogP) is 7.82. The first-order chi connectivity index (χ1) is 18.3. The summed E-state index contributed by atoms with van der Waals surface area (Å²) in [6.45, 7) is 9.56. The zero-order valence-corrected chi connectivity index (χ0v) is 25.4. The summed E-state index contributed by atoms with van der Waals surface area (Å²) < 4.78 is 20.3. The molecule has 2 heterocycles. The molecule has 0 bridgehead atoms. The Labute approximate surface area is 239 Å². The molecule has 1 amide bonds. The minimum atomic E-state index is -1.83. The predicted molar refractivity (Wildman–Crippen MR) is 160 cm³/mol. The SMILES string of the molecule is C[C@@H](OCc1ccccc1)[C@@H]1O[C@H](N2C(=O)O[C@H](c3ccccc3)[C@@H]2c2ccccc2)C(I)=C1[Si](C)(C)C. The Hall–Kier alpha value is -2.46. The van der Waals surface area contributed by atoms with Gasteiger partial charge in [-0.3, -0.25) is 4.90 Å². The number of hydrogen-bond donors (Lipinski definition) is 0. The second-order valence-electron chi connectivity index (χ2n) is 10.9. The smallest absolute Gasteiger partial charge is 0.413 e. The lowest BCUT2D eigenvalue weighted by Gasteiger charge is -2.32. The van der Waals surface area contributed by atoms with E-state index >= 15 is 0 Å².